The lowest BCUT2D eigenvalue weighted by Crippen LogP contribution is -2.32. The average molecular weight is 293 g/mol. The highest BCUT2D eigenvalue weighted by atomic mass is 32.2. The number of hydrogen-bond acceptors (Lipinski definition) is 2. The molecule has 110 valence electrons. The molecule has 4 heteroatoms. The molecule has 1 aliphatic heterocycles. The van der Waals surface area contributed by atoms with Gasteiger partial charge in [-0.3, -0.25) is 0 Å². The van der Waals surface area contributed by atoms with Gasteiger partial charge in [-0.2, -0.15) is 4.31 Å². The Kier molecular flexibility index (Phi) is 4.13. The van der Waals surface area contributed by atoms with Crippen molar-refractivity contribution in [1.29, 1.82) is 0 Å². The van der Waals surface area contributed by atoms with Crippen LogP contribution in [0.3, 0.4) is 0 Å². The lowest BCUT2D eigenvalue weighted by atomic mass is 9.92. The first kappa shape index (κ1) is 14.1. The Morgan fingerprint density at radius 1 is 0.800 bits per heavy atom. The summed E-state index contributed by atoms with van der Waals surface area (Å²) in [6.45, 7) is 1.36. The zero-order valence-electron chi connectivity index (χ0n) is 12.0. The summed E-state index contributed by atoms with van der Waals surface area (Å²) < 4.78 is 27.2. The molecular formula is C16H23NO2S. The minimum atomic E-state index is -3.29. The number of benzene rings is 1. The molecule has 0 atom stereocenters. The monoisotopic (exact) mass is 293 g/mol. The first-order chi connectivity index (χ1) is 9.68. The molecule has 3 nitrogen and oxygen atoms in total. The van der Waals surface area contributed by atoms with E-state index in [1.807, 2.05) is 18.2 Å². The van der Waals surface area contributed by atoms with Crippen LogP contribution in [-0.2, 0) is 22.9 Å². The summed E-state index contributed by atoms with van der Waals surface area (Å²) in [6, 6.07) is 5.76. The molecule has 0 saturated carbocycles. The SMILES string of the molecule is O=S(=O)(c1ccc2c(c1)CCCC2)N1CCCCCC1. The second kappa shape index (κ2) is 5.86. The van der Waals surface area contributed by atoms with Gasteiger partial charge in [0.1, 0.15) is 0 Å². The van der Waals surface area contributed by atoms with Gasteiger partial charge in [0.25, 0.3) is 0 Å². The quantitative estimate of drug-likeness (QED) is 0.840. The zero-order chi connectivity index (χ0) is 14.0. The van der Waals surface area contributed by atoms with E-state index < -0.39 is 10.0 Å². The van der Waals surface area contributed by atoms with Crippen molar-refractivity contribution in [3.8, 4) is 0 Å². The van der Waals surface area contributed by atoms with Crippen molar-refractivity contribution >= 4 is 10.0 Å². The van der Waals surface area contributed by atoms with Crippen LogP contribution in [0.25, 0.3) is 0 Å². The molecule has 1 aliphatic carbocycles. The van der Waals surface area contributed by atoms with Gasteiger partial charge in [-0.1, -0.05) is 18.9 Å². The van der Waals surface area contributed by atoms with Crippen molar-refractivity contribution in [2.24, 2.45) is 0 Å². The largest absolute Gasteiger partial charge is 0.243 e. The number of rotatable bonds is 2. The van der Waals surface area contributed by atoms with Gasteiger partial charge in [-0.15, -0.1) is 0 Å². The van der Waals surface area contributed by atoms with Crippen molar-refractivity contribution in [2.75, 3.05) is 13.1 Å². The molecule has 0 bridgehead atoms. The molecular weight excluding hydrogens is 270 g/mol. The van der Waals surface area contributed by atoms with Crippen molar-refractivity contribution in [1.82, 2.24) is 4.31 Å². The molecule has 1 heterocycles. The van der Waals surface area contributed by atoms with Gasteiger partial charge in [-0.05, 0) is 61.8 Å². The third kappa shape index (κ3) is 2.77. The Bertz CT molecular complexity index is 572. The van der Waals surface area contributed by atoms with E-state index in [0.717, 1.165) is 38.5 Å². The van der Waals surface area contributed by atoms with E-state index in [9.17, 15) is 8.42 Å². The smallest absolute Gasteiger partial charge is 0.207 e. The fourth-order valence-corrected chi connectivity index (χ4v) is 4.87. The lowest BCUT2D eigenvalue weighted by Gasteiger charge is -2.22. The van der Waals surface area contributed by atoms with Gasteiger partial charge < -0.3 is 0 Å². The van der Waals surface area contributed by atoms with Gasteiger partial charge in [0.05, 0.1) is 4.90 Å². The molecule has 0 radical (unpaired) electrons. The van der Waals surface area contributed by atoms with E-state index in [1.54, 1.807) is 4.31 Å². The van der Waals surface area contributed by atoms with Crippen LogP contribution in [0.15, 0.2) is 23.1 Å². The molecule has 3 rings (SSSR count). The van der Waals surface area contributed by atoms with Crippen molar-refractivity contribution in [2.45, 2.75) is 56.3 Å². The van der Waals surface area contributed by atoms with Gasteiger partial charge in [0, 0.05) is 13.1 Å². The van der Waals surface area contributed by atoms with Crippen LogP contribution >= 0.6 is 0 Å². The second-order valence-electron chi connectivity index (χ2n) is 5.96. The van der Waals surface area contributed by atoms with E-state index in [2.05, 4.69) is 0 Å². The van der Waals surface area contributed by atoms with E-state index in [-0.39, 0.29) is 0 Å². The van der Waals surface area contributed by atoms with Crippen LogP contribution in [0.5, 0.6) is 0 Å². The van der Waals surface area contributed by atoms with Crippen LogP contribution in [0.4, 0.5) is 0 Å². The Hall–Kier alpha value is -0.870. The molecule has 0 spiro atoms. The fraction of sp³-hybridized carbons (Fsp3) is 0.625. The maximum absolute atomic E-state index is 12.8. The number of nitrogens with zero attached hydrogens (tertiary/aromatic N) is 1. The molecule has 0 unspecified atom stereocenters. The minimum Gasteiger partial charge on any atom is -0.207 e. The maximum atomic E-state index is 12.8. The molecule has 0 aromatic heterocycles. The number of hydrogen-bond donors (Lipinski definition) is 0. The highest BCUT2D eigenvalue weighted by Gasteiger charge is 2.26. The van der Waals surface area contributed by atoms with Crippen LogP contribution in [-0.4, -0.2) is 25.8 Å². The van der Waals surface area contributed by atoms with Crippen LogP contribution < -0.4 is 0 Å². The molecule has 2 aliphatic rings. The summed E-state index contributed by atoms with van der Waals surface area (Å²) in [5, 5.41) is 0. The predicted octanol–water partition coefficient (Wildman–Crippen LogP) is 3.13. The lowest BCUT2D eigenvalue weighted by molar-refractivity contribution is 0.423. The number of sulfonamides is 1. The molecule has 1 aromatic carbocycles. The Morgan fingerprint density at radius 2 is 1.45 bits per heavy atom. The van der Waals surface area contributed by atoms with Crippen LogP contribution in [0, 0.1) is 0 Å². The molecule has 1 aromatic rings. The molecule has 0 N–H and O–H groups in total. The third-order valence-electron chi connectivity index (χ3n) is 4.52. The zero-order valence-corrected chi connectivity index (χ0v) is 12.8. The topological polar surface area (TPSA) is 37.4 Å². The summed E-state index contributed by atoms with van der Waals surface area (Å²) in [6.07, 6.45) is 8.81. The van der Waals surface area contributed by atoms with Crippen molar-refractivity contribution in [3.63, 3.8) is 0 Å². The van der Waals surface area contributed by atoms with Crippen LogP contribution in [0.1, 0.15) is 49.7 Å². The van der Waals surface area contributed by atoms with Crippen LogP contribution in [0.2, 0.25) is 0 Å². The van der Waals surface area contributed by atoms with E-state index in [1.165, 1.54) is 24.0 Å². The summed E-state index contributed by atoms with van der Waals surface area (Å²) in [7, 11) is -3.29. The van der Waals surface area contributed by atoms with Gasteiger partial charge in [-0.25, -0.2) is 8.42 Å². The molecule has 20 heavy (non-hydrogen) atoms. The molecule has 1 fully saturated rings. The third-order valence-corrected chi connectivity index (χ3v) is 6.42. The maximum Gasteiger partial charge on any atom is 0.243 e. The Morgan fingerprint density at radius 3 is 2.15 bits per heavy atom. The van der Waals surface area contributed by atoms with E-state index in [0.29, 0.717) is 18.0 Å². The number of fused-ring (bicyclic) bond motifs is 1. The summed E-state index contributed by atoms with van der Waals surface area (Å²) in [5.41, 5.74) is 2.58. The van der Waals surface area contributed by atoms with E-state index in [4.69, 9.17) is 0 Å². The normalized spacial score (nSPS) is 21.2. The van der Waals surface area contributed by atoms with Crippen molar-refractivity contribution < 1.29 is 8.42 Å². The Balaban J connectivity index is 1.90. The average Bonchev–Trinajstić information content (AvgIpc) is 2.76. The standard InChI is InChI=1S/C16H23NO2S/c18-20(19,17-11-5-1-2-6-12-17)16-10-9-14-7-3-4-8-15(14)13-16/h9-10,13H,1-8,11-12H2. The first-order valence-corrected chi connectivity index (χ1v) is 9.24. The summed E-state index contributed by atoms with van der Waals surface area (Å²) in [5.74, 6) is 0. The second-order valence-corrected chi connectivity index (χ2v) is 7.89. The summed E-state index contributed by atoms with van der Waals surface area (Å²) in [4.78, 5) is 0.500. The van der Waals surface area contributed by atoms with Gasteiger partial charge >= 0.3 is 0 Å². The minimum absolute atomic E-state index is 0.500. The summed E-state index contributed by atoms with van der Waals surface area (Å²) >= 11 is 0. The van der Waals surface area contributed by atoms with Gasteiger partial charge in [0.15, 0.2) is 0 Å². The first-order valence-electron chi connectivity index (χ1n) is 7.80. The highest BCUT2D eigenvalue weighted by Crippen LogP contribution is 2.26. The fourth-order valence-electron chi connectivity index (χ4n) is 3.30. The molecule has 1 saturated heterocycles. The van der Waals surface area contributed by atoms with Crippen molar-refractivity contribution in [3.05, 3.63) is 29.3 Å². The predicted molar refractivity (Wildman–Crippen MR) is 80.3 cm³/mol. The van der Waals surface area contributed by atoms with Gasteiger partial charge in [0.2, 0.25) is 10.0 Å². The number of aryl methyl sites for hydroxylation is 2. The Labute approximate surface area is 122 Å². The molecule has 0 amide bonds. The van der Waals surface area contributed by atoms with E-state index >= 15 is 0 Å². The highest BCUT2D eigenvalue weighted by molar-refractivity contribution is 7.89.